The van der Waals surface area contributed by atoms with Crippen LogP contribution in [-0.2, 0) is 0 Å². The second-order valence-corrected chi connectivity index (χ2v) is 18.8. The third-order valence-electron chi connectivity index (χ3n) is 11.6. The third kappa shape index (κ3) is 8.59. The minimum absolute atomic E-state index is 0.167. The SMILES string of the molecule is Cc1ccc(C(=O)[P+](C(=O)c2ccc(C)cc2)(C(=O)c2ccc(C)cc2)C(=O)c2ccc(C)cc2)cc1.c1ccc([B-](c2ccccc2)(c2ccccc2)c2ccccc2)cc1. The van der Waals surface area contributed by atoms with Gasteiger partial charge < -0.3 is 0 Å². The molecule has 0 saturated heterocycles. The molecule has 8 aromatic carbocycles. The Balaban J connectivity index is 0.000000200. The van der Waals surface area contributed by atoms with E-state index in [2.05, 4.69) is 121 Å². The van der Waals surface area contributed by atoms with Crippen molar-refractivity contribution in [1.29, 1.82) is 0 Å². The van der Waals surface area contributed by atoms with Crippen LogP contribution in [0, 0.1) is 27.7 Å². The third-order valence-corrected chi connectivity index (χ3v) is 15.1. The van der Waals surface area contributed by atoms with Gasteiger partial charge >= 0.3 is 29.4 Å². The monoisotopic (exact) mass is 826 g/mol. The number of hydrogen-bond donors (Lipinski definition) is 0. The quantitative estimate of drug-likeness (QED) is 0.0909. The zero-order valence-corrected chi connectivity index (χ0v) is 36.3. The summed E-state index contributed by atoms with van der Waals surface area (Å²) in [7, 11) is -4.36. The van der Waals surface area contributed by atoms with Gasteiger partial charge in [0.1, 0.15) is 6.15 Å². The standard InChI is InChI=1S/C32H28O4P.C24H20B/c1-21-5-13-25(14-6-21)29(33)37(30(34)26-15-7-22(2)8-16-26,31(35)27-17-9-23(3)10-18-27)32(36)28-19-11-24(4)12-20-28;1-5-13-21(14-6-1)25(22-15-7-2-8-16-22,23-17-9-3-10-18-23)24-19-11-4-12-20-24/h5-20H,1-4H3;1-20H/q+1;-1. The maximum Gasteiger partial charge on any atom is 0.324 e. The Morgan fingerprint density at radius 2 is 0.452 bits per heavy atom. The fourth-order valence-corrected chi connectivity index (χ4v) is 11.5. The molecule has 0 spiro atoms. The molecule has 0 aliphatic carbocycles. The fourth-order valence-electron chi connectivity index (χ4n) is 8.23. The molecule has 0 unspecified atom stereocenters. The normalized spacial score (nSPS) is 11.2. The molecule has 0 heterocycles. The number of rotatable bonds is 12. The van der Waals surface area contributed by atoms with E-state index in [0.29, 0.717) is 0 Å². The number of benzene rings is 8. The molecular formula is C56H48BO4P. The maximum atomic E-state index is 14.4. The molecule has 62 heavy (non-hydrogen) atoms. The summed E-state index contributed by atoms with van der Waals surface area (Å²) >= 11 is 0. The summed E-state index contributed by atoms with van der Waals surface area (Å²) < 4.78 is 0. The lowest BCUT2D eigenvalue weighted by Crippen LogP contribution is -2.74. The van der Waals surface area contributed by atoms with Crippen LogP contribution in [-0.4, -0.2) is 28.2 Å². The number of carbonyl (C=O) groups is 4. The summed E-state index contributed by atoms with van der Waals surface area (Å²) in [5, 5.41) is 0. The summed E-state index contributed by atoms with van der Waals surface area (Å²) in [4.78, 5) is 57.6. The molecule has 8 rings (SSSR count). The number of aryl methyl sites for hydroxylation is 4. The van der Waals surface area contributed by atoms with E-state index in [1.54, 1.807) is 97.1 Å². The summed E-state index contributed by atoms with van der Waals surface area (Å²) in [6.07, 6.45) is -1.22. The van der Waals surface area contributed by atoms with Gasteiger partial charge in [-0.2, -0.15) is 21.9 Å². The molecule has 0 aromatic heterocycles. The van der Waals surface area contributed by atoms with Crippen LogP contribution in [0.15, 0.2) is 218 Å². The zero-order valence-electron chi connectivity index (χ0n) is 35.4. The first-order chi connectivity index (χ1) is 30.1. The molecule has 0 amide bonds. The summed E-state index contributed by atoms with van der Waals surface area (Å²) in [6.45, 7) is 7.51. The zero-order chi connectivity index (χ0) is 43.7. The molecule has 0 N–H and O–H groups in total. The van der Waals surface area contributed by atoms with Crippen molar-refractivity contribution in [2.24, 2.45) is 0 Å². The largest absolute Gasteiger partial charge is 0.324 e. The molecule has 0 fully saturated rings. The van der Waals surface area contributed by atoms with Crippen molar-refractivity contribution in [2.75, 3.05) is 0 Å². The van der Waals surface area contributed by atoms with E-state index < -0.39 is 35.5 Å². The van der Waals surface area contributed by atoms with Crippen molar-refractivity contribution < 1.29 is 19.2 Å². The van der Waals surface area contributed by atoms with Crippen LogP contribution in [0.3, 0.4) is 0 Å². The first-order valence-electron chi connectivity index (χ1n) is 20.8. The Hall–Kier alpha value is -7.07. The fraction of sp³-hybridized carbons (Fsp3) is 0.0714. The average Bonchev–Trinajstić information content (AvgIpc) is 3.32. The average molecular weight is 827 g/mol. The van der Waals surface area contributed by atoms with E-state index in [1.165, 1.54) is 21.9 Å². The maximum absolute atomic E-state index is 14.4. The lowest BCUT2D eigenvalue weighted by atomic mass is 9.13. The molecule has 0 bridgehead atoms. The topological polar surface area (TPSA) is 68.3 Å². The van der Waals surface area contributed by atoms with Crippen molar-refractivity contribution in [3.05, 3.63) is 263 Å². The molecule has 6 heteroatoms. The minimum Gasteiger partial charge on any atom is -0.245 e. The lowest BCUT2D eigenvalue weighted by Gasteiger charge is -2.44. The first kappa shape index (κ1) is 43.0. The minimum atomic E-state index is -4.36. The van der Waals surface area contributed by atoms with Gasteiger partial charge in [-0.15, -0.1) is 0 Å². The Labute approximate surface area is 365 Å². The van der Waals surface area contributed by atoms with Gasteiger partial charge in [0, 0.05) is 0 Å². The van der Waals surface area contributed by atoms with Crippen LogP contribution in [0.4, 0.5) is 0 Å². The molecule has 0 atom stereocenters. The Bertz CT molecular complexity index is 2390. The van der Waals surface area contributed by atoms with Crippen molar-refractivity contribution in [3.63, 3.8) is 0 Å². The van der Waals surface area contributed by atoms with E-state index in [4.69, 9.17) is 0 Å². The van der Waals surface area contributed by atoms with Crippen molar-refractivity contribution in [3.8, 4) is 0 Å². The second kappa shape index (κ2) is 19.1. The molecule has 304 valence electrons. The van der Waals surface area contributed by atoms with E-state index in [1.807, 2.05) is 27.7 Å². The van der Waals surface area contributed by atoms with Gasteiger partial charge in [0.05, 0.1) is 22.3 Å². The van der Waals surface area contributed by atoms with Gasteiger partial charge in [-0.1, -0.05) is 192 Å². The van der Waals surface area contributed by atoms with Crippen LogP contribution in [0.2, 0.25) is 0 Å². The van der Waals surface area contributed by atoms with E-state index in [0.717, 1.165) is 22.3 Å². The highest BCUT2D eigenvalue weighted by Crippen LogP contribution is 2.67. The van der Waals surface area contributed by atoms with Crippen LogP contribution >= 0.6 is 7.26 Å². The van der Waals surface area contributed by atoms with Gasteiger partial charge in [-0.25, -0.2) is 19.2 Å². The predicted octanol–water partition coefficient (Wildman–Crippen LogP) is 10.7. The smallest absolute Gasteiger partial charge is 0.245 e. The molecule has 8 aromatic rings. The van der Waals surface area contributed by atoms with E-state index in [9.17, 15) is 19.2 Å². The van der Waals surface area contributed by atoms with Gasteiger partial charge in [-0.3, -0.25) is 0 Å². The Kier molecular flexibility index (Phi) is 13.3. The highest BCUT2D eigenvalue weighted by molar-refractivity contribution is 8.27. The van der Waals surface area contributed by atoms with Crippen molar-refractivity contribution >= 4 is 57.4 Å². The van der Waals surface area contributed by atoms with Gasteiger partial charge in [0.25, 0.3) is 0 Å². The lowest BCUT2D eigenvalue weighted by molar-refractivity contribution is 0.0985. The molecular weight excluding hydrogens is 778 g/mol. The van der Waals surface area contributed by atoms with Crippen molar-refractivity contribution in [1.82, 2.24) is 0 Å². The van der Waals surface area contributed by atoms with Crippen LogP contribution in [0.1, 0.15) is 63.7 Å². The van der Waals surface area contributed by atoms with Gasteiger partial charge in [0.15, 0.2) is 0 Å². The molecule has 0 radical (unpaired) electrons. The molecule has 0 aliphatic rings. The van der Waals surface area contributed by atoms with Crippen LogP contribution in [0.5, 0.6) is 0 Å². The number of hydrogen-bond acceptors (Lipinski definition) is 4. The molecule has 4 nitrogen and oxygen atoms in total. The Morgan fingerprint density at radius 1 is 0.274 bits per heavy atom. The van der Waals surface area contributed by atoms with Crippen LogP contribution in [0.25, 0.3) is 0 Å². The van der Waals surface area contributed by atoms with Gasteiger partial charge in [0.2, 0.25) is 0 Å². The summed E-state index contributed by atoms with van der Waals surface area (Å²) in [5.74, 6) is 0. The Morgan fingerprint density at radius 3 is 0.629 bits per heavy atom. The summed E-state index contributed by atoms with van der Waals surface area (Å²) in [6, 6.07) is 70.1. The predicted molar refractivity (Wildman–Crippen MR) is 259 cm³/mol. The summed E-state index contributed by atoms with van der Waals surface area (Å²) in [5.41, 5.74) is 6.78. The molecule has 0 saturated carbocycles. The highest BCUT2D eigenvalue weighted by Gasteiger charge is 2.69. The molecule has 0 aliphatic heterocycles. The first-order valence-corrected chi connectivity index (χ1v) is 22.6. The van der Waals surface area contributed by atoms with Gasteiger partial charge in [-0.05, 0) is 76.2 Å². The number of carbonyl (C=O) groups excluding carboxylic acids is 4. The van der Waals surface area contributed by atoms with E-state index >= 15 is 0 Å². The van der Waals surface area contributed by atoms with Crippen molar-refractivity contribution in [2.45, 2.75) is 27.7 Å². The highest BCUT2D eigenvalue weighted by atomic mass is 31.2. The second-order valence-electron chi connectivity index (χ2n) is 15.9. The van der Waals surface area contributed by atoms with E-state index in [-0.39, 0.29) is 22.3 Å². The van der Waals surface area contributed by atoms with Crippen LogP contribution < -0.4 is 21.9 Å².